The monoisotopic (exact) mass is 275 g/mol. The highest BCUT2D eigenvalue weighted by Gasteiger charge is 2.24. The van der Waals surface area contributed by atoms with Gasteiger partial charge < -0.3 is 10.4 Å². The molecule has 96 valence electrons. The van der Waals surface area contributed by atoms with Gasteiger partial charge in [0.05, 0.1) is 6.10 Å². The molecular formula is C13H19Cl2NO. The van der Waals surface area contributed by atoms with Crippen LogP contribution in [0.1, 0.15) is 32.4 Å². The molecule has 0 bridgehead atoms. The van der Waals surface area contributed by atoms with E-state index in [1.165, 1.54) is 0 Å². The van der Waals surface area contributed by atoms with Gasteiger partial charge in [-0.15, -0.1) is 0 Å². The van der Waals surface area contributed by atoms with E-state index in [1.807, 2.05) is 6.92 Å². The van der Waals surface area contributed by atoms with E-state index in [0.717, 1.165) is 12.1 Å². The van der Waals surface area contributed by atoms with Crippen LogP contribution in [0.2, 0.25) is 10.0 Å². The molecule has 2 nitrogen and oxygen atoms in total. The molecule has 0 saturated carbocycles. The van der Waals surface area contributed by atoms with E-state index >= 15 is 0 Å². The Balaban J connectivity index is 2.96. The molecule has 1 rings (SSSR count). The van der Waals surface area contributed by atoms with E-state index in [0.29, 0.717) is 16.0 Å². The van der Waals surface area contributed by atoms with Crippen molar-refractivity contribution in [3.8, 4) is 0 Å². The Morgan fingerprint density at radius 2 is 1.94 bits per heavy atom. The Bertz CT molecular complexity index is 368. The zero-order valence-electron chi connectivity index (χ0n) is 10.4. The summed E-state index contributed by atoms with van der Waals surface area (Å²) in [4.78, 5) is 0. The SMILES string of the molecule is CCNC(C(C)C)C(O)c1ccc(Cl)cc1Cl. The van der Waals surface area contributed by atoms with Gasteiger partial charge in [-0.1, -0.05) is 50.0 Å². The minimum absolute atomic E-state index is 0.0151. The molecule has 0 aliphatic rings. The molecule has 0 spiro atoms. The molecule has 0 aromatic heterocycles. The first-order valence-electron chi connectivity index (χ1n) is 5.83. The van der Waals surface area contributed by atoms with Crippen molar-refractivity contribution >= 4 is 23.2 Å². The van der Waals surface area contributed by atoms with Crippen LogP contribution in [-0.2, 0) is 0 Å². The van der Waals surface area contributed by atoms with Crippen LogP contribution in [0.3, 0.4) is 0 Å². The molecule has 0 aliphatic heterocycles. The number of nitrogens with one attached hydrogen (secondary N) is 1. The summed E-state index contributed by atoms with van der Waals surface area (Å²) < 4.78 is 0. The van der Waals surface area contributed by atoms with Crippen molar-refractivity contribution in [1.29, 1.82) is 0 Å². The summed E-state index contributed by atoms with van der Waals surface area (Å²) in [6.45, 7) is 6.97. The van der Waals surface area contributed by atoms with E-state index in [4.69, 9.17) is 23.2 Å². The fourth-order valence-corrected chi connectivity index (χ4v) is 2.40. The molecule has 0 aliphatic carbocycles. The van der Waals surface area contributed by atoms with Gasteiger partial charge in [0.1, 0.15) is 0 Å². The Labute approximate surface area is 113 Å². The van der Waals surface area contributed by atoms with Crippen molar-refractivity contribution in [2.24, 2.45) is 5.92 Å². The van der Waals surface area contributed by atoms with Gasteiger partial charge in [0.2, 0.25) is 0 Å². The second kappa shape index (κ2) is 6.60. The number of rotatable bonds is 5. The first kappa shape index (κ1) is 14.8. The maximum atomic E-state index is 10.4. The third-order valence-electron chi connectivity index (χ3n) is 2.78. The van der Waals surface area contributed by atoms with Crippen molar-refractivity contribution in [1.82, 2.24) is 5.32 Å². The Morgan fingerprint density at radius 3 is 2.41 bits per heavy atom. The van der Waals surface area contributed by atoms with Gasteiger partial charge in [0.15, 0.2) is 0 Å². The minimum atomic E-state index is -0.625. The number of aliphatic hydroxyl groups is 1. The van der Waals surface area contributed by atoms with Crippen molar-refractivity contribution in [2.45, 2.75) is 32.9 Å². The van der Waals surface area contributed by atoms with E-state index in [-0.39, 0.29) is 6.04 Å². The van der Waals surface area contributed by atoms with Crippen molar-refractivity contribution in [3.63, 3.8) is 0 Å². The molecule has 0 radical (unpaired) electrons. The van der Waals surface area contributed by atoms with Crippen LogP contribution >= 0.6 is 23.2 Å². The first-order valence-corrected chi connectivity index (χ1v) is 6.59. The summed E-state index contributed by atoms with van der Waals surface area (Å²) in [7, 11) is 0. The molecule has 2 unspecified atom stereocenters. The third kappa shape index (κ3) is 3.85. The van der Waals surface area contributed by atoms with Gasteiger partial charge in [-0.25, -0.2) is 0 Å². The number of benzene rings is 1. The summed E-state index contributed by atoms with van der Waals surface area (Å²) >= 11 is 11.9. The fraction of sp³-hybridized carbons (Fsp3) is 0.538. The molecule has 1 aromatic rings. The molecule has 0 heterocycles. The van der Waals surface area contributed by atoms with Gasteiger partial charge in [0.25, 0.3) is 0 Å². The standard InChI is InChI=1S/C13H19Cl2NO/c1-4-16-12(8(2)3)13(17)10-6-5-9(14)7-11(10)15/h5-8,12-13,16-17H,4H2,1-3H3. The van der Waals surface area contributed by atoms with E-state index < -0.39 is 6.10 Å². The normalized spacial score (nSPS) is 15.0. The predicted octanol–water partition coefficient (Wildman–Crippen LogP) is 3.66. The van der Waals surface area contributed by atoms with Crippen LogP contribution in [0.25, 0.3) is 0 Å². The van der Waals surface area contributed by atoms with Crippen LogP contribution in [0.15, 0.2) is 18.2 Å². The second-order valence-corrected chi connectivity index (χ2v) is 5.28. The van der Waals surface area contributed by atoms with Gasteiger partial charge in [-0.05, 0) is 24.6 Å². The largest absolute Gasteiger partial charge is 0.387 e. The summed E-state index contributed by atoms with van der Waals surface area (Å²) in [5.74, 6) is 0.316. The molecule has 0 saturated heterocycles. The number of halogens is 2. The number of aliphatic hydroxyl groups excluding tert-OH is 1. The number of hydrogen-bond donors (Lipinski definition) is 2. The smallest absolute Gasteiger partial charge is 0.0959 e. The van der Waals surface area contributed by atoms with Gasteiger partial charge in [-0.2, -0.15) is 0 Å². The van der Waals surface area contributed by atoms with Crippen LogP contribution in [0.4, 0.5) is 0 Å². The van der Waals surface area contributed by atoms with Crippen molar-refractivity contribution in [3.05, 3.63) is 33.8 Å². The highest BCUT2D eigenvalue weighted by molar-refractivity contribution is 6.35. The molecular weight excluding hydrogens is 257 g/mol. The lowest BCUT2D eigenvalue weighted by molar-refractivity contribution is 0.106. The average Bonchev–Trinajstić information content (AvgIpc) is 2.24. The van der Waals surface area contributed by atoms with Gasteiger partial charge in [-0.3, -0.25) is 0 Å². The molecule has 4 heteroatoms. The summed E-state index contributed by atoms with van der Waals surface area (Å²) in [5, 5.41) is 14.7. The zero-order chi connectivity index (χ0) is 13.0. The lowest BCUT2D eigenvalue weighted by Crippen LogP contribution is -2.39. The summed E-state index contributed by atoms with van der Waals surface area (Å²) in [5.41, 5.74) is 0.718. The second-order valence-electron chi connectivity index (χ2n) is 4.44. The Morgan fingerprint density at radius 1 is 1.29 bits per heavy atom. The van der Waals surface area contributed by atoms with Crippen molar-refractivity contribution < 1.29 is 5.11 Å². The fourth-order valence-electron chi connectivity index (χ4n) is 1.88. The summed E-state index contributed by atoms with van der Waals surface area (Å²) in [6.07, 6.45) is -0.625. The molecule has 2 atom stereocenters. The Hall–Kier alpha value is -0.280. The first-order chi connectivity index (χ1) is 7.97. The van der Waals surface area contributed by atoms with Crippen LogP contribution in [-0.4, -0.2) is 17.7 Å². The van der Waals surface area contributed by atoms with Crippen LogP contribution in [0, 0.1) is 5.92 Å². The highest BCUT2D eigenvalue weighted by atomic mass is 35.5. The molecule has 2 N–H and O–H groups in total. The minimum Gasteiger partial charge on any atom is -0.387 e. The van der Waals surface area contributed by atoms with Gasteiger partial charge >= 0.3 is 0 Å². The zero-order valence-corrected chi connectivity index (χ0v) is 11.9. The highest BCUT2D eigenvalue weighted by Crippen LogP contribution is 2.30. The van der Waals surface area contributed by atoms with Crippen molar-refractivity contribution in [2.75, 3.05) is 6.54 Å². The maximum Gasteiger partial charge on any atom is 0.0959 e. The third-order valence-corrected chi connectivity index (χ3v) is 3.34. The average molecular weight is 276 g/mol. The van der Waals surface area contributed by atoms with E-state index in [2.05, 4.69) is 19.2 Å². The van der Waals surface area contributed by atoms with E-state index in [9.17, 15) is 5.11 Å². The molecule has 0 amide bonds. The van der Waals surface area contributed by atoms with Crippen LogP contribution < -0.4 is 5.32 Å². The lowest BCUT2D eigenvalue weighted by atomic mass is 9.93. The predicted molar refractivity (Wildman–Crippen MR) is 73.7 cm³/mol. The topological polar surface area (TPSA) is 32.3 Å². The summed E-state index contributed by atoms with van der Waals surface area (Å²) in [6, 6.07) is 5.17. The van der Waals surface area contributed by atoms with E-state index in [1.54, 1.807) is 18.2 Å². The lowest BCUT2D eigenvalue weighted by Gasteiger charge is -2.28. The van der Waals surface area contributed by atoms with Gasteiger partial charge in [0, 0.05) is 21.7 Å². The maximum absolute atomic E-state index is 10.4. The number of hydrogen-bond acceptors (Lipinski definition) is 2. The molecule has 17 heavy (non-hydrogen) atoms. The molecule has 1 aromatic carbocycles. The Kier molecular flexibility index (Phi) is 5.74. The molecule has 0 fully saturated rings. The quantitative estimate of drug-likeness (QED) is 0.860. The number of likely N-dealkylation sites (N-methyl/N-ethyl adjacent to an activating group) is 1. The van der Waals surface area contributed by atoms with Crippen LogP contribution in [0.5, 0.6) is 0 Å².